The fourth-order valence-electron chi connectivity index (χ4n) is 4.13. The van der Waals surface area contributed by atoms with Crippen LogP contribution in [0.2, 0.25) is 0 Å². The SMILES string of the molecule is CC(C)(C)CC(Cc1ccccc1)C(=O)OCOC(=O)C(Cc1ccccc1)CC(C)(C)C. The number of rotatable bonds is 10. The van der Waals surface area contributed by atoms with Crippen LogP contribution in [0.5, 0.6) is 0 Å². The molecule has 0 heterocycles. The molecule has 4 heteroatoms. The van der Waals surface area contributed by atoms with Gasteiger partial charge in [-0.1, -0.05) is 102 Å². The molecule has 0 bridgehead atoms. The predicted molar refractivity (Wildman–Crippen MR) is 132 cm³/mol. The quantitative estimate of drug-likeness (QED) is 0.300. The number of hydrogen-bond donors (Lipinski definition) is 0. The molecule has 0 aliphatic rings. The third kappa shape index (κ3) is 10.7. The van der Waals surface area contributed by atoms with E-state index in [0.717, 1.165) is 11.1 Å². The summed E-state index contributed by atoms with van der Waals surface area (Å²) in [4.78, 5) is 25.8. The lowest BCUT2D eigenvalue weighted by Gasteiger charge is -2.26. The fourth-order valence-corrected chi connectivity index (χ4v) is 4.13. The minimum absolute atomic E-state index is 0.0252. The van der Waals surface area contributed by atoms with E-state index >= 15 is 0 Å². The molecule has 0 N–H and O–H groups in total. The lowest BCUT2D eigenvalue weighted by molar-refractivity contribution is -0.174. The van der Waals surface area contributed by atoms with E-state index in [1.54, 1.807) is 0 Å². The second-order valence-electron chi connectivity index (χ2n) is 11.3. The summed E-state index contributed by atoms with van der Waals surface area (Å²) in [6, 6.07) is 19.9. The van der Waals surface area contributed by atoms with Crippen molar-refractivity contribution in [2.24, 2.45) is 22.7 Å². The molecule has 2 aromatic carbocycles. The number of carbonyl (C=O) groups is 2. The molecule has 0 spiro atoms. The van der Waals surface area contributed by atoms with E-state index in [2.05, 4.69) is 41.5 Å². The van der Waals surface area contributed by atoms with Gasteiger partial charge in [-0.15, -0.1) is 0 Å². The minimum atomic E-state index is -0.345. The van der Waals surface area contributed by atoms with Crippen molar-refractivity contribution >= 4 is 11.9 Å². The van der Waals surface area contributed by atoms with E-state index in [0.29, 0.717) is 25.7 Å². The smallest absolute Gasteiger partial charge is 0.312 e. The van der Waals surface area contributed by atoms with Crippen LogP contribution >= 0.6 is 0 Å². The zero-order chi connectivity index (χ0) is 24.5. The highest BCUT2D eigenvalue weighted by Crippen LogP contribution is 2.29. The van der Waals surface area contributed by atoms with E-state index in [1.165, 1.54) is 0 Å². The lowest BCUT2D eigenvalue weighted by Crippen LogP contribution is -2.29. The minimum Gasteiger partial charge on any atom is -0.428 e. The molecule has 0 amide bonds. The first kappa shape index (κ1) is 26.6. The monoisotopic (exact) mass is 452 g/mol. The average Bonchev–Trinajstić information content (AvgIpc) is 2.72. The van der Waals surface area contributed by atoms with E-state index in [-0.39, 0.29) is 41.4 Å². The molecule has 2 atom stereocenters. The molecule has 2 rings (SSSR count). The molecule has 180 valence electrons. The Kier molecular flexibility index (Phi) is 9.70. The number of benzene rings is 2. The van der Waals surface area contributed by atoms with E-state index in [1.807, 2.05) is 60.7 Å². The highest BCUT2D eigenvalue weighted by Gasteiger charge is 2.29. The highest BCUT2D eigenvalue weighted by molar-refractivity contribution is 5.74. The largest absolute Gasteiger partial charge is 0.428 e. The van der Waals surface area contributed by atoms with Gasteiger partial charge in [-0.2, -0.15) is 0 Å². The van der Waals surface area contributed by atoms with Gasteiger partial charge in [-0.25, -0.2) is 0 Å². The summed E-state index contributed by atoms with van der Waals surface area (Å²) in [5, 5.41) is 0. The molecule has 2 aromatic rings. The molecule has 0 saturated heterocycles. The third-order valence-corrected chi connectivity index (χ3v) is 5.44. The summed E-state index contributed by atoms with van der Waals surface area (Å²) in [5.74, 6) is -1.23. The third-order valence-electron chi connectivity index (χ3n) is 5.44. The molecule has 0 aliphatic carbocycles. The summed E-state index contributed by atoms with van der Waals surface area (Å²) >= 11 is 0. The topological polar surface area (TPSA) is 52.6 Å². The first-order valence-corrected chi connectivity index (χ1v) is 11.8. The van der Waals surface area contributed by atoms with Crippen LogP contribution in [0.1, 0.15) is 65.5 Å². The van der Waals surface area contributed by atoms with Crippen LogP contribution in [0.25, 0.3) is 0 Å². The van der Waals surface area contributed by atoms with Crippen LogP contribution < -0.4 is 0 Å². The Hall–Kier alpha value is -2.62. The van der Waals surface area contributed by atoms with Crippen molar-refractivity contribution in [3.63, 3.8) is 0 Å². The van der Waals surface area contributed by atoms with Crippen molar-refractivity contribution in [2.75, 3.05) is 6.79 Å². The summed E-state index contributed by atoms with van der Waals surface area (Å²) < 4.78 is 10.9. The summed E-state index contributed by atoms with van der Waals surface area (Å²) in [6.45, 7) is 12.3. The number of ether oxygens (including phenoxy) is 2. The Balaban J connectivity index is 1.98. The van der Waals surface area contributed by atoms with Crippen LogP contribution in [0.3, 0.4) is 0 Å². The van der Waals surface area contributed by atoms with Crippen molar-refractivity contribution in [3.8, 4) is 0 Å². The molecule has 0 saturated carbocycles. The van der Waals surface area contributed by atoms with Crippen LogP contribution in [-0.2, 0) is 31.9 Å². The molecular weight excluding hydrogens is 412 g/mol. The van der Waals surface area contributed by atoms with Crippen molar-refractivity contribution in [2.45, 2.75) is 67.2 Å². The molecule has 0 aromatic heterocycles. The van der Waals surface area contributed by atoms with Crippen molar-refractivity contribution < 1.29 is 19.1 Å². The molecule has 0 radical (unpaired) electrons. The maximum atomic E-state index is 12.9. The zero-order valence-corrected chi connectivity index (χ0v) is 21.1. The van der Waals surface area contributed by atoms with Crippen molar-refractivity contribution in [3.05, 3.63) is 71.8 Å². The van der Waals surface area contributed by atoms with Crippen LogP contribution in [0.4, 0.5) is 0 Å². The van der Waals surface area contributed by atoms with Gasteiger partial charge in [0.1, 0.15) is 0 Å². The van der Waals surface area contributed by atoms with Crippen molar-refractivity contribution in [1.29, 1.82) is 0 Å². The average molecular weight is 453 g/mol. The molecule has 4 nitrogen and oxygen atoms in total. The maximum absolute atomic E-state index is 12.9. The van der Waals surface area contributed by atoms with E-state index < -0.39 is 0 Å². The highest BCUT2D eigenvalue weighted by atomic mass is 16.7. The Bertz CT molecular complexity index is 786. The normalized spacial score (nSPS) is 13.8. The molecular formula is C29H40O4. The Morgan fingerprint density at radius 1 is 0.636 bits per heavy atom. The van der Waals surface area contributed by atoms with E-state index in [4.69, 9.17) is 9.47 Å². The van der Waals surface area contributed by atoms with Gasteiger partial charge in [0.25, 0.3) is 0 Å². The van der Waals surface area contributed by atoms with Crippen molar-refractivity contribution in [1.82, 2.24) is 0 Å². The molecule has 0 fully saturated rings. The van der Waals surface area contributed by atoms with Gasteiger partial charge in [0.05, 0.1) is 11.8 Å². The Labute approximate surface area is 199 Å². The van der Waals surface area contributed by atoms with Gasteiger partial charge in [0, 0.05) is 0 Å². The summed E-state index contributed by atoms with van der Waals surface area (Å²) in [5.41, 5.74) is 2.13. The van der Waals surface area contributed by atoms with Crippen LogP contribution in [0.15, 0.2) is 60.7 Å². The number of hydrogen-bond acceptors (Lipinski definition) is 4. The second-order valence-corrected chi connectivity index (χ2v) is 11.3. The maximum Gasteiger partial charge on any atom is 0.312 e. The summed E-state index contributed by atoms with van der Waals surface area (Å²) in [6.07, 6.45) is 2.59. The van der Waals surface area contributed by atoms with Crippen LogP contribution in [0, 0.1) is 22.7 Å². The molecule has 2 unspecified atom stereocenters. The van der Waals surface area contributed by atoms with Crippen LogP contribution in [-0.4, -0.2) is 18.7 Å². The fraction of sp³-hybridized carbons (Fsp3) is 0.517. The number of carbonyl (C=O) groups excluding carboxylic acids is 2. The lowest BCUT2D eigenvalue weighted by atomic mass is 9.82. The standard InChI is InChI=1S/C29H40O4/c1-28(2,3)19-24(17-22-13-9-7-10-14-22)26(30)32-21-33-27(31)25(20-29(4,5)6)18-23-15-11-8-12-16-23/h7-16,24-25H,17-21H2,1-6H3. The number of esters is 2. The van der Waals surface area contributed by atoms with Gasteiger partial charge in [-0.3, -0.25) is 9.59 Å². The van der Waals surface area contributed by atoms with E-state index in [9.17, 15) is 9.59 Å². The Morgan fingerprint density at radius 3 is 1.27 bits per heavy atom. The van der Waals surface area contributed by atoms with Gasteiger partial charge in [0.2, 0.25) is 6.79 Å². The van der Waals surface area contributed by atoms with Gasteiger partial charge >= 0.3 is 11.9 Å². The van der Waals surface area contributed by atoms with Gasteiger partial charge in [0.15, 0.2) is 0 Å². The summed E-state index contributed by atoms with van der Waals surface area (Å²) in [7, 11) is 0. The van der Waals surface area contributed by atoms with Gasteiger partial charge in [-0.05, 0) is 47.6 Å². The molecule has 33 heavy (non-hydrogen) atoms. The second kappa shape index (κ2) is 12.0. The predicted octanol–water partition coefficient (Wildman–Crippen LogP) is 6.62. The zero-order valence-electron chi connectivity index (χ0n) is 21.1. The first-order chi connectivity index (χ1) is 15.4. The molecule has 0 aliphatic heterocycles. The van der Waals surface area contributed by atoms with Gasteiger partial charge < -0.3 is 9.47 Å². The Morgan fingerprint density at radius 2 is 0.970 bits per heavy atom. The first-order valence-electron chi connectivity index (χ1n) is 11.8.